The number of methoxy groups -OCH3 is 1. The molecule has 0 saturated carbocycles. The predicted molar refractivity (Wildman–Crippen MR) is 73.9 cm³/mol. The van der Waals surface area contributed by atoms with Crippen LogP contribution in [0.1, 0.15) is 5.56 Å². The number of nitrogens with zero attached hydrogens (tertiary/aromatic N) is 1. The van der Waals surface area contributed by atoms with E-state index in [1.165, 1.54) is 0 Å². The van der Waals surface area contributed by atoms with Gasteiger partial charge in [-0.1, -0.05) is 6.07 Å². The normalized spacial score (nSPS) is 13.7. The largest absolute Gasteiger partial charge is 0.482 e. The fourth-order valence-electron chi connectivity index (χ4n) is 1.97. The molecule has 0 spiro atoms. The summed E-state index contributed by atoms with van der Waals surface area (Å²) in [5, 5.41) is 2.76. The molecular weight excluding hydrogens is 260 g/mol. The first-order valence-electron chi connectivity index (χ1n) is 6.39. The lowest BCUT2D eigenvalue weighted by Crippen LogP contribution is -2.35. The lowest BCUT2D eigenvalue weighted by atomic mass is 10.1. The number of carbonyl (C=O) groups excluding carboxylic acids is 2. The summed E-state index contributed by atoms with van der Waals surface area (Å²) in [4.78, 5) is 24.8. The smallest absolute Gasteiger partial charge is 0.264 e. The van der Waals surface area contributed by atoms with E-state index in [9.17, 15) is 9.59 Å². The Morgan fingerprint density at radius 2 is 2.30 bits per heavy atom. The fraction of sp³-hybridized carbons (Fsp3) is 0.429. The number of carbonyl (C=O) groups is 2. The first-order chi connectivity index (χ1) is 9.61. The topological polar surface area (TPSA) is 67.9 Å². The Balaban J connectivity index is 2.03. The number of anilines is 1. The van der Waals surface area contributed by atoms with Crippen molar-refractivity contribution < 1.29 is 19.1 Å². The molecule has 1 aliphatic heterocycles. The number of fused-ring (bicyclic) bond motifs is 1. The van der Waals surface area contributed by atoms with Crippen molar-refractivity contribution in [2.45, 2.75) is 6.42 Å². The number of nitrogens with one attached hydrogen (secondary N) is 1. The van der Waals surface area contributed by atoms with E-state index in [1.807, 2.05) is 12.1 Å². The molecule has 1 aromatic carbocycles. The molecule has 0 unspecified atom stereocenters. The third-order valence-corrected chi connectivity index (χ3v) is 3.10. The molecule has 108 valence electrons. The van der Waals surface area contributed by atoms with Crippen LogP contribution in [0.2, 0.25) is 0 Å². The molecule has 0 fully saturated rings. The SMILES string of the molecule is COCCNC(=O)Cc1ccc2c(c1)N(C)C(=O)CO2. The first kappa shape index (κ1) is 14.3. The molecule has 1 aliphatic rings. The van der Waals surface area contributed by atoms with Crippen LogP contribution in [0.5, 0.6) is 5.75 Å². The molecule has 0 radical (unpaired) electrons. The third kappa shape index (κ3) is 3.27. The lowest BCUT2D eigenvalue weighted by molar-refractivity contribution is -0.121. The number of likely N-dealkylation sites (N-methyl/N-ethyl adjacent to an activating group) is 1. The van der Waals surface area contributed by atoms with Gasteiger partial charge in [-0.2, -0.15) is 0 Å². The summed E-state index contributed by atoms with van der Waals surface area (Å²) < 4.78 is 10.2. The van der Waals surface area contributed by atoms with Gasteiger partial charge in [0.25, 0.3) is 5.91 Å². The van der Waals surface area contributed by atoms with Crippen LogP contribution in [-0.4, -0.2) is 45.7 Å². The quantitative estimate of drug-likeness (QED) is 0.789. The van der Waals surface area contributed by atoms with E-state index in [1.54, 1.807) is 25.1 Å². The van der Waals surface area contributed by atoms with Crippen LogP contribution >= 0.6 is 0 Å². The maximum Gasteiger partial charge on any atom is 0.264 e. The summed E-state index contributed by atoms with van der Waals surface area (Å²) in [7, 11) is 3.29. The Morgan fingerprint density at radius 1 is 1.50 bits per heavy atom. The van der Waals surface area contributed by atoms with Gasteiger partial charge in [-0.3, -0.25) is 9.59 Å². The molecule has 1 heterocycles. The Morgan fingerprint density at radius 3 is 3.05 bits per heavy atom. The Bertz CT molecular complexity index is 516. The number of rotatable bonds is 5. The molecule has 0 bridgehead atoms. The van der Waals surface area contributed by atoms with E-state index in [2.05, 4.69) is 5.32 Å². The average molecular weight is 278 g/mol. The minimum Gasteiger partial charge on any atom is -0.482 e. The van der Waals surface area contributed by atoms with Crippen molar-refractivity contribution in [3.05, 3.63) is 23.8 Å². The van der Waals surface area contributed by atoms with E-state index in [0.29, 0.717) is 24.6 Å². The monoisotopic (exact) mass is 278 g/mol. The van der Waals surface area contributed by atoms with E-state index in [-0.39, 0.29) is 24.8 Å². The van der Waals surface area contributed by atoms with Gasteiger partial charge in [-0.25, -0.2) is 0 Å². The molecule has 6 heteroatoms. The van der Waals surface area contributed by atoms with Gasteiger partial charge >= 0.3 is 0 Å². The zero-order valence-corrected chi connectivity index (χ0v) is 11.6. The second-order valence-electron chi connectivity index (χ2n) is 4.56. The highest BCUT2D eigenvalue weighted by Gasteiger charge is 2.22. The van der Waals surface area contributed by atoms with Crippen molar-refractivity contribution >= 4 is 17.5 Å². The zero-order valence-electron chi connectivity index (χ0n) is 11.6. The Hall–Kier alpha value is -2.08. The molecule has 0 saturated heterocycles. The van der Waals surface area contributed by atoms with Crippen LogP contribution in [0.4, 0.5) is 5.69 Å². The van der Waals surface area contributed by atoms with Crippen molar-refractivity contribution in [3.8, 4) is 5.75 Å². The average Bonchev–Trinajstić information content (AvgIpc) is 2.44. The summed E-state index contributed by atoms with van der Waals surface area (Å²) in [6, 6.07) is 5.43. The maximum absolute atomic E-state index is 11.7. The van der Waals surface area contributed by atoms with E-state index in [4.69, 9.17) is 9.47 Å². The van der Waals surface area contributed by atoms with Gasteiger partial charge in [-0.05, 0) is 17.7 Å². The summed E-state index contributed by atoms with van der Waals surface area (Å²) in [6.45, 7) is 1.03. The standard InChI is InChI=1S/C14H18N2O4/c1-16-11-7-10(8-13(17)15-5-6-19-2)3-4-12(11)20-9-14(16)18/h3-4,7H,5-6,8-9H2,1-2H3,(H,15,17). The van der Waals surface area contributed by atoms with Crippen LogP contribution in [0.15, 0.2) is 18.2 Å². The van der Waals surface area contributed by atoms with Gasteiger partial charge in [0.1, 0.15) is 5.75 Å². The number of hydrogen-bond donors (Lipinski definition) is 1. The fourth-order valence-corrected chi connectivity index (χ4v) is 1.97. The number of amides is 2. The molecule has 1 aromatic rings. The van der Waals surface area contributed by atoms with E-state index in [0.717, 1.165) is 5.56 Å². The Kier molecular flexibility index (Phi) is 4.57. The van der Waals surface area contributed by atoms with Crippen LogP contribution in [0.25, 0.3) is 0 Å². The predicted octanol–water partition coefficient (Wildman–Crippen LogP) is 0.347. The number of hydrogen-bond acceptors (Lipinski definition) is 4. The van der Waals surface area contributed by atoms with Gasteiger partial charge in [0.15, 0.2) is 6.61 Å². The second kappa shape index (κ2) is 6.38. The maximum atomic E-state index is 11.7. The molecule has 2 rings (SSSR count). The molecule has 0 atom stereocenters. The van der Waals surface area contributed by atoms with Crippen LogP contribution < -0.4 is 15.0 Å². The number of benzene rings is 1. The highest BCUT2D eigenvalue weighted by molar-refractivity contribution is 5.97. The van der Waals surface area contributed by atoms with Crippen LogP contribution in [-0.2, 0) is 20.7 Å². The molecule has 0 aromatic heterocycles. The van der Waals surface area contributed by atoms with Crippen molar-refractivity contribution in [1.29, 1.82) is 0 Å². The van der Waals surface area contributed by atoms with Crippen molar-refractivity contribution in [1.82, 2.24) is 5.32 Å². The van der Waals surface area contributed by atoms with Crippen molar-refractivity contribution in [2.75, 3.05) is 38.8 Å². The van der Waals surface area contributed by atoms with Crippen LogP contribution in [0, 0.1) is 0 Å². The summed E-state index contributed by atoms with van der Waals surface area (Å²) in [5.74, 6) is 0.488. The minimum absolute atomic E-state index is 0.0559. The minimum atomic E-state index is -0.0980. The Labute approximate surface area is 117 Å². The van der Waals surface area contributed by atoms with Crippen LogP contribution in [0.3, 0.4) is 0 Å². The molecule has 20 heavy (non-hydrogen) atoms. The summed E-state index contributed by atoms with van der Waals surface area (Å²) >= 11 is 0. The lowest BCUT2D eigenvalue weighted by Gasteiger charge is -2.26. The molecule has 1 N–H and O–H groups in total. The van der Waals surface area contributed by atoms with Gasteiger partial charge in [0.05, 0.1) is 18.7 Å². The molecule has 2 amide bonds. The van der Waals surface area contributed by atoms with Gasteiger partial charge in [-0.15, -0.1) is 0 Å². The molecule has 0 aliphatic carbocycles. The van der Waals surface area contributed by atoms with Gasteiger partial charge < -0.3 is 19.7 Å². The summed E-state index contributed by atoms with van der Waals surface area (Å²) in [5.41, 5.74) is 1.53. The highest BCUT2D eigenvalue weighted by Crippen LogP contribution is 2.31. The molecule has 6 nitrogen and oxygen atoms in total. The van der Waals surface area contributed by atoms with Gasteiger partial charge in [0.2, 0.25) is 5.91 Å². The van der Waals surface area contributed by atoms with E-state index < -0.39 is 0 Å². The van der Waals surface area contributed by atoms with Crippen molar-refractivity contribution in [2.24, 2.45) is 0 Å². The van der Waals surface area contributed by atoms with Gasteiger partial charge in [0, 0.05) is 20.7 Å². The van der Waals surface area contributed by atoms with E-state index >= 15 is 0 Å². The third-order valence-electron chi connectivity index (χ3n) is 3.10. The molecular formula is C14H18N2O4. The summed E-state index contributed by atoms with van der Waals surface area (Å²) in [6.07, 6.45) is 0.263. The first-order valence-corrected chi connectivity index (χ1v) is 6.39. The zero-order chi connectivity index (χ0) is 14.5. The second-order valence-corrected chi connectivity index (χ2v) is 4.56. The number of ether oxygens (including phenoxy) is 2. The van der Waals surface area contributed by atoms with Crippen molar-refractivity contribution in [3.63, 3.8) is 0 Å². The highest BCUT2D eigenvalue weighted by atomic mass is 16.5.